The van der Waals surface area contributed by atoms with Gasteiger partial charge in [0.15, 0.2) is 5.76 Å². The zero-order chi connectivity index (χ0) is 13.4. The molecule has 5 heteroatoms. The average molecular weight is 255 g/mol. The first-order valence-corrected chi connectivity index (χ1v) is 5.95. The topological polar surface area (TPSA) is 74.0 Å². The fourth-order valence-corrected chi connectivity index (χ4v) is 2.13. The van der Waals surface area contributed by atoms with E-state index < -0.39 is 0 Å². The molecule has 0 atom stereocenters. The molecule has 2 N–H and O–H groups in total. The number of fused-ring (bicyclic) bond motifs is 1. The highest BCUT2D eigenvalue weighted by Crippen LogP contribution is 2.14. The third-order valence-electron chi connectivity index (χ3n) is 3.04. The molecule has 2 heterocycles. The van der Waals surface area contributed by atoms with Gasteiger partial charge >= 0.3 is 0 Å². The lowest BCUT2D eigenvalue weighted by Crippen LogP contribution is -2.23. The van der Waals surface area contributed by atoms with Crippen LogP contribution in [0.3, 0.4) is 0 Å². The Morgan fingerprint density at radius 3 is 2.84 bits per heavy atom. The first-order chi connectivity index (χ1) is 9.15. The maximum atomic E-state index is 12.4. The van der Waals surface area contributed by atoms with E-state index >= 15 is 0 Å². The predicted molar refractivity (Wildman–Crippen MR) is 73.0 cm³/mol. The van der Waals surface area contributed by atoms with E-state index in [2.05, 4.69) is 5.16 Å². The normalized spacial score (nSPS) is 11.0. The van der Waals surface area contributed by atoms with Crippen molar-refractivity contribution in [2.24, 2.45) is 0 Å². The number of benzene rings is 1. The quantitative estimate of drug-likeness (QED) is 0.759. The molecule has 1 aromatic carbocycles. The molecular formula is C14H13N3O2. The van der Waals surface area contributed by atoms with Crippen LogP contribution in [0.4, 0.5) is 5.82 Å². The SMILES string of the molecule is Cc1cc(Cn2c(N)cc3ccccc3c2=O)on1. The van der Waals surface area contributed by atoms with Gasteiger partial charge < -0.3 is 10.3 Å². The zero-order valence-corrected chi connectivity index (χ0v) is 10.5. The third kappa shape index (κ3) is 1.99. The third-order valence-corrected chi connectivity index (χ3v) is 3.04. The number of anilines is 1. The van der Waals surface area contributed by atoms with Crippen LogP contribution in [0.2, 0.25) is 0 Å². The van der Waals surface area contributed by atoms with Gasteiger partial charge in [0.25, 0.3) is 5.56 Å². The van der Waals surface area contributed by atoms with Gasteiger partial charge in [-0.15, -0.1) is 0 Å². The van der Waals surface area contributed by atoms with Crippen molar-refractivity contribution in [3.8, 4) is 0 Å². The molecule has 0 aliphatic carbocycles. The molecule has 0 saturated heterocycles. The van der Waals surface area contributed by atoms with Gasteiger partial charge in [-0.2, -0.15) is 0 Å². The van der Waals surface area contributed by atoms with Crippen LogP contribution in [0.5, 0.6) is 0 Å². The second kappa shape index (κ2) is 4.28. The zero-order valence-electron chi connectivity index (χ0n) is 10.5. The Balaban J connectivity index is 2.15. The number of nitrogen functional groups attached to an aromatic ring is 1. The number of nitrogens with zero attached hydrogens (tertiary/aromatic N) is 2. The van der Waals surface area contributed by atoms with Crippen molar-refractivity contribution in [1.29, 1.82) is 0 Å². The minimum Gasteiger partial charge on any atom is -0.385 e. The molecule has 19 heavy (non-hydrogen) atoms. The molecular weight excluding hydrogens is 242 g/mol. The minimum atomic E-state index is -0.121. The monoisotopic (exact) mass is 255 g/mol. The fourth-order valence-electron chi connectivity index (χ4n) is 2.13. The van der Waals surface area contributed by atoms with E-state index in [1.807, 2.05) is 25.1 Å². The highest BCUT2D eigenvalue weighted by atomic mass is 16.5. The van der Waals surface area contributed by atoms with Gasteiger partial charge in [-0.25, -0.2) is 0 Å². The first-order valence-electron chi connectivity index (χ1n) is 5.95. The summed E-state index contributed by atoms with van der Waals surface area (Å²) in [6.45, 7) is 2.12. The van der Waals surface area contributed by atoms with E-state index in [-0.39, 0.29) is 12.1 Å². The summed E-state index contributed by atoms with van der Waals surface area (Å²) in [4.78, 5) is 12.4. The van der Waals surface area contributed by atoms with Gasteiger partial charge in [-0.1, -0.05) is 23.4 Å². The molecule has 96 valence electrons. The summed E-state index contributed by atoms with van der Waals surface area (Å²) in [6.07, 6.45) is 0. The second-order valence-electron chi connectivity index (χ2n) is 4.48. The van der Waals surface area contributed by atoms with E-state index in [9.17, 15) is 4.79 Å². The first kappa shape index (κ1) is 11.5. The molecule has 0 amide bonds. The van der Waals surface area contributed by atoms with Crippen LogP contribution in [0.15, 0.2) is 45.7 Å². The minimum absolute atomic E-state index is 0.121. The Bertz CT molecular complexity index is 802. The van der Waals surface area contributed by atoms with Gasteiger partial charge in [0.2, 0.25) is 0 Å². The van der Waals surface area contributed by atoms with Crippen molar-refractivity contribution in [3.63, 3.8) is 0 Å². The van der Waals surface area contributed by atoms with E-state index in [0.29, 0.717) is 17.0 Å². The Morgan fingerprint density at radius 2 is 2.11 bits per heavy atom. The maximum absolute atomic E-state index is 12.4. The van der Waals surface area contributed by atoms with Crippen molar-refractivity contribution >= 4 is 16.6 Å². The number of rotatable bonds is 2. The Hall–Kier alpha value is -2.56. The summed E-state index contributed by atoms with van der Waals surface area (Å²) in [7, 11) is 0. The van der Waals surface area contributed by atoms with E-state index in [4.69, 9.17) is 10.3 Å². The Kier molecular flexibility index (Phi) is 2.59. The summed E-state index contributed by atoms with van der Waals surface area (Å²) >= 11 is 0. The number of aryl methyl sites for hydroxylation is 1. The van der Waals surface area contributed by atoms with Crippen molar-refractivity contribution in [3.05, 3.63) is 58.2 Å². The van der Waals surface area contributed by atoms with Crippen molar-refractivity contribution in [2.75, 3.05) is 5.73 Å². The molecule has 0 bridgehead atoms. The summed E-state index contributed by atoms with van der Waals surface area (Å²) in [5.74, 6) is 1.03. The lowest BCUT2D eigenvalue weighted by Gasteiger charge is -2.09. The van der Waals surface area contributed by atoms with Crippen LogP contribution in [0.1, 0.15) is 11.5 Å². The lowest BCUT2D eigenvalue weighted by molar-refractivity contribution is 0.372. The summed E-state index contributed by atoms with van der Waals surface area (Å²) in [5.41, 5.74) is 6.60. The van der Waals surface area contributed by atoms with E-state index in [1.54, 1.807) is 18.2 Å². The molecule has 0 aliphatic heterocycles. The van der Waals surface area contributed by atoms with Crippen LogP contribution in [0, 0.1) is 6.92 Å². The van der Waals surface area contributed by atoms with Crippen LogP contribution >= 0.6 is 0 Å². The molecule has 2 aromatic heterocycles. The molecule has 0 unspecified atom stereocenters. The number of nitrogens with two attached hydrogens (primary N) is 1. The Labute approximate surface area is 109 Å². The molecule has 0 radical (unpaired) electrons. The highest BCUT2D eigenvalue weighted by molar-refractivity contribution is 5.83. The van der Waals surface area contributed by atoms with E-state index in [0.717, 1.165) is 11.1 Å². The molecule has 0 spiro atoms. The van der Waals surface area contributed by atoms with Crippen molar-refractivity contribution in [1.82, 2.24) is 9.72 Å². The smallest absolute Gasteiger partial charge is 0.260 e. The van der Waals surface area contributed by atoms with Crippen LogP contribution < -0.4 is 11.3 Å². The van der Waals surface area contributed by atoms with Gasteiger partial charge in [0, 0.05) is 11.5 Å². The van der Waals surface area contributed by atoms with Crippen molar-refractivity contribution in [2.45, 2.75) is 13.5 Å². The largest absolute Gasteiger partial charge is 0.385 e. The van der Waals surface area contributed by atoms with Crippen LogP contribution in [0.25, 0.3) is 10.8 Å². The summed E-state index contributed by atoms with van der Waals surface area (Å²) in [6, 6.07) is 11.0. The molecule has 3 aromatic rings. The number of pyridine rings is 1. The van der Waals surface area contributed by atoms with Gasteiger partial charge in [-0.3, -0.25) is 9.36 Å². The predicted octanol–water partition coefficient (Wildman–Crippen LogP) is 1.93. The van der Waals surface area contributed by atoms with Crippen LogP contribution in [-0.4, -0.2) is 9.72 Å². The maximum Gasteiger partial charge on any atom is 0.260 e. The molecule has 3 rings (SSSR count). The fraction of sp³-hybridized carbons (Fsp3) is 0.143. The number of hydrogen-bond donors (Lipinski definition) is 1. The average Bonchev–Trinajstić information content (AvgIpc) is 2.80. The van der Waals surface area contributed by atoms with Crippen LogP contribution in [-0.2, 0) is 6.54 Å². The van der Waals surface area contributed by atoms with Gasteiger partial charge in [0.1, 0.15) is 5.82 Å². The van der Waals surface area contributed by atoms with Gasteiger partial charge in [-0.05, 0) is 24.4 Å². The van der Waals surface area contributed by atoms with Crippen molar-refractivity contribution < 1.29 is 4.52 Å². The summed E-state index contributed by atoms with van der Waals surface area (Å²) in [5, 5.41) is 5.29. The van der Waals surface area contributed by atoms with E-state index in [1.165, 1.54) is 4.57 Å². The molecule has 0 aliphatic rings. The highest BCUT2D eigenvalue weighted by Gasteiger charge is 2.09. The summed E-state index contributed by atoms with van der Waals surface area (Å²) < 4.78 is 6.61. The number of hydrogen-bond acceptors (Lipinski definition) is 4. The standard InChI is InChI=1S/C14H13N3O2/c1-9-6-11(19-16-9)8-17-13(15)7-10-4-2-3-5-12(10)14(17)18/h2-7H,8,15H2,1H3. The number of aromatic nitrogens is 2. The molecule has 5 nitrogen and oxygen atoms in total. The lowest BCUT2D eigenvalue weighted by atomic mass is 10.1. The van der Waals surface area contributed by atoms with Gasteiger partial charge in [0.05, 0.1) is 12.2 Å². The molecule has 0 fully saturated rings. The second-order valence-corrected chi connectivity index (χ2v) is 4.48. The Morgan fingerprint density at radius 1 is 1.32 bits per heavy atom. The molecule has 0 saturated carbocycles.